The van der Waals surface area contributed by atoms with Crippen LogP contribution in [0.4, 0.5) is 68.2 Å². The molecule has 0 spiro atoms. The number of fused-ring (bicyclic) bond motifs is 20. The number of benzene rings is 19. The smallest absolute Gasteiger partial charge is 0.0618 e. The summed E-state index contributed by atoms with van der Waals surface area (Å²) in [7, 11) is 0. The van der Waals surface area contributed by atoms with E-state index in [0.29, 0.717) is 0 Å². The highest BCUT2D eigenvalue weighted by atomic mass is 15.2. The zero-order valence-electron chi connectivity index (χ0n) is 68.7. The van der Waals surface area contributed by atoms with E-state index in [0.717, 1.165) is 73.7 Å². The van der Waals surface area contributed by atoms with E-state index in [4.69, 9.17) is 0 Å². The summed E-state index contributed by atoms with van der Waals surface area (Å²) < 4.78 is 0. The zero-order chi connectivity index (χ0) is 80.7. The molecule has 19 aromatic rings. The molecular formula is C116H88N4. The molecule has 0 aliphatic heterocycles. The van der Waals surface area contributed by atoms with E-state index in [9.17, 15) is 0 Å². The van der Waals surface area contributed by atoms with Gasteiger partial charge in [-0.2, -0.15) is 0 Å². The van der Waals surface area contributed by atoms with E-state index in [-0.39, 0.29) is 21.7 Å². The Labute approximate surface area is 702 Å². The molecule has 4 nitrogen and oxygen atoms in total. The van der Waals surface area contributed by atoms with E-state index in [1.165, 1.54) is 149 Å². The third-order valence-corrected chi connectivity index (χ3v) is 27.5. The largest absolute Gasteiger partial charge is 0.310 e. The molecule has 120 heavy (non-hydrogen) atoms. The summed E-state index contributed by atoms with van der Waals surface area (Å²) in [6.45, 7) is 19.6. The van der Waals surface area contributed by atoms with Gasteiger partial charge in [0.15, 0.2) is 0 Å². The summed E-state index contributed by atoms with van der Waals surface area (Å²) in [5, 5.41) is 12.2. The molecule has 0 aromatic heterocycles. The molecule has 0 fully saturated rings. The minimum absolute atomic E-state index is 0.304. The van der Waals surface area contributed by atoms with Gasteiger partial charge in [0.1, 0.15) is 0 Å². The average Bonchev–Trinajstić information content (AvgIpc) is 1.53. The second-order valence-corrected chi connectivity index (χ2v) is 35.5. The molecule has 4 heteroatoms. The topological polar surface area (TPSA) is 13.0 Å². The molecular weight excluding hydrogens is 1450 g/mol. The van der Waals surface area contributed by atoms with Gasteiger partial charge < -0.3 is 19.6 Å². The number of hydrogen-bond acceptors (Lipinski definition) is 4. The van der Waals surface area contributed by atoms with Crippen molar-refractivity contribution in [1.29, 1.82) is 0 Å². The summed E-state index contributed by atoms with van der Waals surface area (Å²) in [4.78, 5) is 9.99. The van der Waals surface area contributed by atoms with Crippen molar-refractivity contribution < 1.29 is 0 Å². The first kappa shape index (κ1) is 71.0. The molecule has 0 heterocycles. The Kier molecular flexibility index (Phi) is 15.7. The van der Waals surface area contributed by atoms with Crippen molar-refractivity contribution in [1.82, 2.24) is 0 Å². The summed E-state index contributed by atoms with van der Waals surface area (Å²) in [5.41, 5.74) is 35.8. The molecule has 0 bridgehead atoms. The van der Waals surface area contributed by atoms with E-state index < -0.39 is 0 Å². The lowest BCUT2D eigenvalue weighted by molar-refractivity contribution is 0.652. The SMILES string of the molecule is CC1(C)c2cc(N(c3ccccc3)c3cccc4ccccc34)ccc2-c2cc3c(cc21)-c1c(cc(N(c2ccccc2)c2c(-c4ccc(N(c5ccccc5)c5cc6c(c7ccccc57)-c5cc7c(cc5C6(C)C)-c5c(cc(N(c6ccccc6)c6ccccc6)c6ccccc56)C7(C)C)cc4)ccc4ccccc24)c2ccccc12)C3(C)C. The standard InChI is InChI=1S/C116H88N4/c1-113(2)97-65-82(119(79-44-20-12-21-45-79)105-56-34-37-73-35-24-26-48-83(73)105)62-64-86(97)93-66-99-94(67-98(93)113)111-92-55-33-30-52-89(92)108(72-104(111)114(99,3)4)120(80-46-22-13-23-47-80)112-84-49-27-25-36-74(84)59-63-85(112)75-57-60-81(61-58-75)118(78-42-18-11-19-43-78)107-71-103-110(91-54-32-29-51-88(91)107)96-69-100-95(68-101(96)116(103,7)8)109-90-53-31-28-50-87(90)106(70-102(109)115(100,5)6)117(76-38-14-9-15-39-76)77-40-16-10-17-41-77/h9-72H,1-8H3. The molecule has 4 aliphatic carbocycles. The van der Waals surface area contributed by atoms with Gasteiger partial charge in [0.2, 0.25) is 0 Å². The highest BCUT2D eigenvalue weighted by Gasteiger charge is 2.47. The van der Waals surface area contributed by atoms with Crippen molar-refractivity contribution in [3.05, 3.63) is 433 Å². The predicted molar refractivity (Wildman–Crippen MR) is 508 cm³/mol. The first-order valence-corrected chi connectivity index (χ1v) is 42.4. The molecule has 0 unspecified atom stereocenters. The summed E-state index contributed by atoms with van der Waals surface area (Å²) in [5.74, 6) is 0. The maximum atomic E-state index is 2.60. The highest BCUT2D eigenvalue weighted by Crippen LogP contribution is 2.64. The predicted octanol–water partition coefficient (Wildman–Crippen LogP) is 32.2. The fourth-order valence-corrected chi connectivity index (χ4v) is 21.6. The second-order valence-electron chi connectivity index (χ2n) is 35.5. The molecule has 4 aliphatic rings. The van der Waals surface area contributed by atoms with Crippen LogP contribution in [0.5, 0.6) is 0 Å². The number of rotatable bonds is 13. The monoisotopic (exact) mass is 1540 g/mol. The van der Waals surface area contributed by atoms with Crippen LogP contribution in [0.25, 0.3) is 109 Å². The van der Waals surface area contributed by atoms with Gasteiger partial charge in [0.05, 0.1) is 28.4 Å². The van der Waals surface area contributed by atoms with Gasteiger partial charge >= 0.3 is 0 Å². The molecule has 23 rings (SSSR count). The number of para-hydroxylation sites is 5. The molecule has 19 aromatic carbocycles. The zero-order valence-corrected chi connectivity index (χ0v) is 68.7. The van der Waals surface area contributed by atoms with Gasteiger partial charge in [-0.25, -0.2) is 0 Å². The van der Waals surface area contributed by atoms with Crippen LogP contribution in [0, 0.1) is 0 Å². The molecule has 0 saturated heterocycles. The molecule has 0 N–H and O–H groups in total. The lowest BCUT2D eigenvalue weighted by Crippen LogP contribution is -2.18. The van der Waals surface area contributed by atoms with Gasteiger partial charge in [-0.05, 0) is 255 Å². The first-order chi connectivity index (χ1) is 58.6. The van der Waals surface area contributed by atoms with Crippen LogP contribution in [-0.2, 0) is 21.7 Å². The Bertz CT molecular complexity index is 7400. The Morgan fingerprint density at radius 3 is 0.892 bits per heavy atom. The van der Waals surface area contributed by atoms with E-state index >= 15 is 0 Å². The minimum Gasteiger partial charge on any atom is -0.310 e. The van der Waals surface area contributed by atoms with Gasteiger partial charge in [-0.1, -0.05) is 310 Å². The van der Waals surface area contributed by atoms with Crippen molar-refractivity contribution in [2.24, 2.45) is 0 Å². The molecule has 0 radical (unpaired) electrons. The molecule has 0 amide bonds. The van der Waals surface area contributed by atoms with E-state index in [1.54, 1.807) is 0 Å². The minimum atomic E-state index is -0.376. The summed E-state index contributed by atoms with van der Waals surface area (Å²) >= 11 is 0. The van der Waals surface area contributed by atoms with Gasteiger partial charge in [0, 0.05) is 94.0 Å². The Morgan fingerprint density at radius 1 is 0.167 bits per heavy atom. The van der Waals surface area contributed by atoms with E-state index in [1.807, 2.05) is 0 Å². The van der Waals surface area contributed by atoms with Crippen molar-refractivity contribution in [3.8, 4) is 55.6 Å². The second kappa shape index (κ2) is 26.6. The lowest BCUT2D eigenvalue weighted by Gasteiger charge is -2.32. The molecule has 0 saturated carbocycles. The van der Waals surface area contributed by atoms with Crippen LogP contribution in [0.3, 0.4) is 0 Å². The summed E-state index contributed by atoms with van der Waals surface area (Å²) in [6.07, 6.45) is 0. The third kappa shape index (κ3) is 10.5. The lowest BCUT2D eigenvalue weighted by atomic mass is 9.79. The fraction of sp³-hybridized carbons (Fsp3) is 0.103. The van der Waals surface area contributed by atoms with Crippen LogP contribution < -0.4 is 19.6 Å². The Hall–Kier alpha value is -14.3. The van der Waals surface area contributed by atoms with Crippen molar-refractivity contribution in [3.63, 3.8) is 0 Å². The normalized spacial score (nSPS) is 14.3. The number of nitrogens with zero attached hydrogens (tertiary/aromatic N) is 4. The van der Waals surface area contributed by atoms with Crippen LogP contribution in [0.15, 0.2) is 388 Å². The molecule has 572 valence electrons. The first-order valence-electron chi connectivity index (χ1n) is 42.4. The van der Waals surface area contributed by atoms with Crippen LogP contribution in [0.2, 0.25) is 0 Å². The Morgan fingerprint density at radius 2 is 0.458 bits per heavy atom. The van der Waals surface area contributed by atoms with Gasteiger partial charge in [0.25, 0.3) is 0 Å². The van der Waals surface area contributed by atoms with Crippen LogP contribution in [0.1, 0.15) is 99.9 Å². The number of hydrogen-bond donors (Lipinski definition) is 0. The maximum Gasteiger partial charge on any atom is 0.0618 e. The van der Waals surface area contributed by atoms with Gasteiger partial charge in [-0.15, -0.1) is 0 Å². The van der Waals surface area contributed by atoms with Crippen molar-refractivity contribution in [2.75, 3.05) is 19.6 Å². The Balaban J connectivity index is 0.638. The van der Waals surface area contributed by atoms with Crippen molar-refractivity contribution >= 4 is 122 Å². The van der Waals surface area contributed by atoms with E-state index in [2.05, 4.69) is 463 Å². The van der Waals surface area contributed by atoms with Crippen LogP contribution >= 0.6 is 0 Å². The van der Waals surface area contributed by atoms with Crippen molar-refractivity contribution in [2.45, 2.75) is 77.0 Å². The maximum absolute atomic E-state index is 2.60. The number of anilines is 12. The van der Waals surface area contributed by atoms with Gasteiger partial charge in [-0.3, -0.25) is 0 Å². The average molecular weight is 1540 g/mol. The third-order valence-electron chi connectivity index (χ3n) is 27.5. The quantitative estimate of drug-likeness (QED) is 0.114. The summed E-state index contributed by atoms with van der Waals surface area (Å²) in [6, 6.07) is 146. The fourth-order valence-electron chi connectivity index (χ4n) is 21.6. The van der Waals surface area contributed by atoms with Crippen LogP contribution in [-0.4, -0.2) is 0 Å². The highest BCUT2D eigenvalue weighted by molar-refractivity contribution is 6.17. The molecule has 0 atom stereocenters.